The van der Waals surface area contributed by atoms with Gasteiger partial charge in [-0.2, -0.15) is 0 Å². The minimum atomic E-state index is -0.363. The maximum Gasteiger partial charge on any atom is 0.322 e. The van der Waals surface area contributed by atoms with Crippen LogP contribution >= 0.6 is 27.5 Å². The van der Waals surface area contributed by atoms with Gasteiger partial charge in [0.1, 0.15) is 5.82 Å². The van der Waals surface area contributed by atoms with E-state index in [-0.39, 0.29) is 17.6 Å². The summed E-state index contributed by atoms with van der Waals surface area (Å²) in [4.78, 5) is 33.0. The summed E-state index contributed by atoms with van der Waals surface area (Å²) in [6.45, 7) is 6.91. The van der Waals surface area contributed by atoms with E-state index in [9.17, 15) is 9.59 Å². The SMILES string of the molecule is CCCN(C(=O)Nc1ccccc1Br)C(CC)c1nc2cc(Cl)ccc2c(=O)n1CC. The summed E-state index contributed by atoms with van der Waals surface area (Å²) >= 11 is 9.63. The van der Waals surface area contributed by atoms with E-state index in [0.29, 0.717) is 46.9 Å². The van der Waals surface area contributed by atoms with Gasteiger partial charge in [0.2, 0.25) is 0 Å². The molecule has 0 aliphatic carbocycles. The molecule has 0 aliphatic heterocycles. The number of urea groups is 1. The smallest absolute Gasteiger partial charge is 0.314 e. The first-order valence-corrected chi connectivity index (χ1v) is 11.6. The molecule has 164 valence electrons. The van der Waals surface area contributed by atoms with Crippen molar-refractivity contribution in [3.63, 3.8) is 0 Å². The van der Waals surface area contributed by atoms with Crippen molar-refractivity contribution < 1.29 is 4.79 Å². The highest BCUT2D eigenvalue weighted by atomic mass is 79.9. The minimum absolute atomic E-state index is 0.125. The number of halogens is 2. The van der Waals surface area contributed by atoms with Crippen LogP contribution in [0.15, 0.2) is 51.7 Å². The zero-order valence-electron chi connectivity index (χ0n) is 17.9. The molecule has 0 saturated heterocycles. The predicted molar refractivity (Wildman–Crippen MR) is 130 cm³/mol. The zero-order chi connectivity index (χ0) is 22.5. The lowest BCUT2D eigenvalue weighted by Crippen LogP contribution is -2.41. The number of fused-ring (bicyclic) bond motifs is 1. The van der Waals surface area contributed by atoms with Crippen LogP contribution in [-0.4, -0.2) is 27.0 Å². The highest BCUT2D eigenvalue weighted by Gasteiger charge is 2.28. The molecule has 0 bridgehead atoms. The molecule has 0 radical (unpaired) electrons. The number of rotatable bonds is 7. The maximum atomic E-state index is 13.3. The Morgan fingerprint density at radius 3 is 2.61 bits per heavy atom. The Bertz CT molecular complexity index is 1150. The van der Waals surface area contributed by atoms with Crippen LogP contribution in [0, 0.1) is 0 Å². The Kier molecular flexibility index (Phi) is 7.73. The van der Waals surface area contributed by atoms with Crippen molar-refractivity contribution in [1.82, 2.24) is 14.5 Å². The summed E-state index contributed by atoms with van der Waals surface area (Å²) in [6.07, 6.45) is 1.39. The number of benzene rings is 2. The second-order valence-corrected chi connectivity index (χ2v) is 8.50. The number of hydrogen-bond donors (Lipinski definition) is 1. The highest BCUT2D eigenvalue weighted by molar-refractivity contribution is 9.10. The van der Waals surface area contributed by atoms with Crippen LogP contribution in [0.4, 0.5) is 10.5 Å². The highest BCUT2D eigenvalue weighted by Crippen LogP contribution is 2.27. The van der Waals surface area contributed by atoms with Gasteiger partial charge in [0.15, 0.2) is 0 Å². The van der Waals surface area contributed by atoms with Crippen LogP contribution in [-0.2, 0) is 6.54 Å². The van der Waals surface area contributed by atoms with Gasteiger partial charge in [-0.05, 0) is 66.0 Å². The fourth-order valence-electron chi connectivity index (χ4n) is 3.70. The summed E-state index contributed by atoms with van der Waals surface area (Å²) in [5, 5.41) is 4.02. The molecule has 3 aromatic rings. The molecule has 1 unspecified atom stereocenters. The maximum absolute atomic E-state index is 13.3. The monoisotopic (exact) mass is 504 g/mol. The second-order valence-electron chi connectivity index (χ2n) is 7.21. The van der Waals surface area contributed by atoms with Crippen LogP contribution in [0.3, 0.4) is 0 Å². The molecule has 0 spiro atoms. The van der Waals surface area contributed by atoms with Crippen LogP contribution < -0.4 is 10.9 Å². The Balaban J connectivity index is 2.08. The molecule has 0 saturated carbocycles. The van der Waals surface area contributed by atoms with Gasteiger partial charge >= 0.3 is 6.03 Å². The Morgan fingerprint density at radius 1 is 1.23 bits per heavy atom. The third-order valence-electron chi connectivity index (χ3n) is 5.16. The number of nitrogens with zero attached hydrogens (tertiary/aromatic N) is 3. The average Bonchev–Trinajstić information content (AvgIpc) is 2.75. The molecule has 6 nitrogen and oxygen atoms in total. The fraction of sp³-hybridized carbons (Fsp3) is 0.348. The van der Waals surface area contributed by atoms with Gasteiger partial charge in [0, 0.05) is 22.6 Å². The molecule has 1 N–H and O–H groups in total. The molecule has 3 rings (SSSR count). The largest absolute Gasteiger partial charge is 0.322 e. The normalized spacial score (nSPS) is 12.0. The molecule has 2 aromatic carbocycles. The number of para-hydroxylation sites is 1. The van der Waals surface area contributed by atoms with E-state index in [1.165, 1.54) is 0 Å². The van der Waals surface area contributed by atoms with E-state index in [0.717, 1.165) is 10.9 Å². The van der Waals surface area contributed by atoms with E-state index >= 15 is 0 Å². The molecule has 1 atom stereocenters. The predicted octanol–water partition coefficient (Wildman–Crippen LogP) is 6.23. The second kappa shape index (κ2) is 10.3. The number of carbonyl (C=O) groups is 1. The lowest BCUT2D eigenvalue weighted by atomic mass is 10.1. The summed E-state index contributed by atoms with van der Waals surface area (Å²) in [6, 6.07) is 12.0. The van der Waals surface area contributed by atoms with Crippen molar-refractivity contribution in [2.45, 2.75) is 46.2 Å². The van der Waals surface area contributed by atoms with Gasteiger partial charge in [-0.15, -0.1) is 0 Å². The number of hydrogen-bond acceptors (Lipinski definition) is 3. The topological polar surface area (TPSA) is 67.2 Å². The fourth-order valence-corrected chi connectivity index (χ4v) is 4.25. The minimum Gasteiger partial charge on any atom is -0.314 e. The molecule has 8 heteroatoms. The molecular weight excluding hydrogens is 480 g/mol. The standard InChI is InChI=1S/C23H26BrClN4O2/c1-4-13-29(23(31)27-18-10-8-7-9-17(18)24)20(5-2)21-26-19-14-15(25)11-12-16(19)22(30)28(21)6-3/h7-12,14,20H,4-6,13H2,1-3H3,(H,27,31). The van der Waals surface area contributed by atoms with E-state index in [1.54, 1.807) is 27.7 Å². The van der Waals surface area contributed by atoms with Crippen LogP contribution in [0.25, 0.3) is 10.9 Å². The number of aromatic nitrogens is 2. The van der Waals surface area contributed by atoms with E-state index in [1.807, 2.05) is 45.0 Å². The van der Waals surface area contributed by atoms with Gasteiger partial charge in [0.05, 0.1) is 22.6 Å². The van der Waals surface area contributed by atoms with Crippen molar-refractivity contribution in [2.24, 2.45) is 0 Å². The van der Waals surface area contributed by atoms with Crippen molar-refractivity contribution >= 4 is 50.2 Å². The third-order valence-corrected chi connectivity index (χ3v) is 6.09. The van der Waals surface area contributed by atoms with Crippen LogP contribution in [0.2, 0.25) is 5.02 Å². The van der Waals surface area contributed by atoms with Crippen LogP contribution in [0.1, 0.15) is 45.5 Å². The Morgan fingerprint density at radius 2 is 1.97 bits per heavy atom. The van der Waals surface area contributed by atoms with E-state index in [2.05, 4.69) is 21.2 Å². The van der Waals surface area contributed by atoms with Crippen molar-refractivity contribution in [3.8, 4) is 0 Å². The van der Waals surface area contributed by atoms with Gasteiger partial charge in [0.25, 0.3) is 5.56 Å². The Labute approximate surface area is 195 Å². The first-order chi connectivity index (χ1) is 14.9. The molecule has 1 aromatic heterocycles. The number of carbonyl (C=O) groups excluding carboxylic acids is 1. The third kappa shape index (κ3) is 4.93. The van der Waals surface area contributed by atoms with Crippen LogP contribution in [0.5, 0.6) is 0 Å². The quantitative estimate of drug-likeness (QED) is 0.414. The first kappa shape index (κ1) is 23.3. The zero-order valence-corrected chi connectivity index (χ0v) is 20.2. The van der Waals surface area contributed by atoms with Gasteiger partial charge in [-0.25, -0.2) is 9.78 Å². The number of nitrogens with one attached hydrogen (secondary N) is 1. The molecule has 0 aliphatic rings. The molecule has 0 fully saturated rings. The number of anilines is 1. The van der Waals surface area contributed by atoms with E-state index < -0.39 is 0 Å². The number of amides is 2. The first-order valence-electron chi connectivity index (χ1n) is 10.4. The Hall–Kier alpha value is -2.38. The summed E-state index contributed by atoms with van der Waals surface area (Å²) < 4.78 is 2.45. The van der Waals surface area contributed by atoms with Crippen molar-refractivity contribution in [1.29, 1.82) is 0 Å². The lowest BCUT2D eigenvalue weighted by Gasteiger charge is -2.32. The van der Waals surface area contributed by atoms with Crippen molar-refractivity contribution in [2.75, 3.05) is 11.9 Å². The summed E-state index contributed by atoms with van der Waals surface area (Å²) in [5.41, 5.74) is 1.10. The molecule has 2 amide bonds. The lowest BCUT2D eigenvalue weighted by molar-refractivity contribution is 0.180. The molecule has 31 heavy (non-hydrogen) atoms. The summed E-state index contributed by atoms with van der Waals surface area (Å²) in [7, 11) is 0. The molecule has 1 heterocycles. The van der Waals surface area contributed by atoms with Gasteiger partial charge < -0.3 is 10.2 Å². The summed E-state index contributed by atoms with van der Waals surface area (Å²) in [5.74, 6) is 0.570. The molecular formula is C23H26BrClN4O2. The van der Waals surface area contributed by atoms with Crippen molar-refractivity contribution in [3.05, 3.63) is 68.1 Å². The van der Waals surface area contributed by atoms with Gasteiger partial charge in [-0.3, -0.25) is 9.36 Å². The average molecular weight is 506 g/mol. The van der Waals surface area contributed by atoms with E-state index in [4.69, 9.17) is 16.6 Å². The van der Waals surface area contributed by atoms with Gasteiger partial charge in [-0.1, -0.05) is 37.6 Å².